The van der Waals surface area contributed by atoms with Gasteiger partial charge in [-0.25, -0.2) is 4.79 Å². The molecule has 0 bridgehead atoms. The predicted octanol–water partition coefficient (Wildman–Crippen LogP) is 3.02. The number of hydrogen-bond donors (Lipinski definition) is 1. The van der Waals surface area contributed by atoms with Crippen molar-refractivity contribution in [2.45, 2.75) is 13.0 Å². The molecular weight excluding hydrogens is 362 g/mol. The fourth-order valence-electron chi connectivity index (χ4n) is 2.18. The van der Waals surface area contributed by atoms with Crippen LogP contribution >= 0.6 is 11.6 Å². The molecule has 136 valence electrons. The second kappa shape index (κ2) is 7.97. The Bertz CT molecular complexity index is 808. The van der Waals surface area contributed by atoms with E-state index in [0.29, 0.717) is 28.0 Å². The lowest BCUT2D eigenvalue weighted by Crippen LogP contribution is -2.31. The van der Waals surface area contributed by atoms with Gasteiger partial charge in [0.2, 0.25) is 6.79 Å². The maximum absolute atomic E-state index is 12.1. The van der Waals surface area contributed by atoms with Gasteiger partial charge in [0.1, 0.15) is 5.75 Å². The number of benzene rings is 2. The van der Waals surface area contributed by atoms with Crippen LogP contribution in [0, 0.1) is 0 Å². The molecule has 0 saturated carbocycles. The minimum absolute atomic E-state index is 0.147. The summed E-state index contributed by atoms with van der Waals surface area (Å²) in [5, 5.41) is 3.21. The number of hydrogen-bond acceptors (Lipinski definition) is 6. The third-order valence-electron chi connectivity index (χ3n) is 3.49. The molecule has 2 aromatic carbocycles. The van der Waals surface area contributed by atoms with E-state index in [-0.39, 0.29) is 13.4 Å². The highest BCUT2D eigenvalue weighted by Gasteiger charge is 2.20. The Balaban J connectivity index is 1.47. The van der Waals surface area contributed by atoms with Crippen molar-refractivity contribution in [3.05, 3.63) is 47.5 Å². The lowest BCUT2D eigenvalue weighted by Gasteiger charge is -2.14. The molecular formula is C18H16ClNO6. The molecule has 0 saturated heterocycles. The molecule has 0 unspecified atom stereocenters. The van der Waals surface area contributed by atoms with E-state index in [1.54, 1.807) is 42.5 Å². The van der Waals surface area contributed by atoms with Crippen molar-refractivity contribution in [3.63, 3.8) is 0 Å². The molecule has 8 heteroatoms. The van der Waals surface area contributed by atoms with Gasteiger partial charge in [0.15, 0.2) is 24.2 Å². The van der Waals surface area contributed by atoms with Crippen LogP contribution in [0.1, 0.15) is 6.92 Å². The molecule has 7 nitrogen and oxygen atoms in total. The van der Waals surface area contributed by atoms with E-state index in [4.69, 9.17) is 30.5 Å². The number of nitrogens with one attached hydrogen (secondary N) is 1. The van der Waals surface area contributed by atoms with Gasteiger partial charge in [-0.1, -0.05) is 11.6 Å². The van der Waals surface area contributed by atoms with Crippen LogP contribution in [0.5, 0.6) is 17.2 Å². The third kappa shape index (κ3) is 4.58. The first kappa shape index (κ1) is 17.9. The van der Waals surface area contributed by atoms with Gasteiger partial charge in [-0.2, -0.15) is 0 Å². The second-order valence-electron chi connectivity index (χ2n) is 5.43. The predicted molar refractivity (Wildman–Crippen MR) is 93.7 cm³/mol. The number of halogens is 1. The summed E-state index contributed by atoms with van der Waals surface area (Å²) in [5.74, 6) is 0.506. The van der Waals surface area contributed by atoms with Gasteiger partial charge in [-0.05, 0) is 43.3 Å². The maximum atomic E-state index is 12.1. The van der Waals surface area contributed by atoms with Crippen LogP contribution in [0.4, 0.5) is 5.69 Å². The number of carbonyl (C=O) groups is 2. The standard InChI is InChI=1S/C18H16ClNO6/c1-11(26-17(21)9-23-14-5-2-12(19)3-6-14)18(22)20-13-4-7-15-16(8-13)25-10-24-15/h2-8,11H,9-10H2,1H3,(H,20,22)/t11-/m0/s1. The number of fused-ring (bicyclic) bond motifs is 1. The Morgan fingerprint density at radius 3 is 2.65 bits per heavy atom. The normalized spacial score (nSPS) is 13.0. The van der Waals surface area contributed by atoms with Crippen molar-refractivity contribution in [1.82, 2.24) is 0 Å². The van der Waals surface area contributed by atoms with Gasteiger partial charge >= 0.3 is 5.97 Å². The van der Waals surface area contributed by atoms with Crippen molar-refractivity contribution in [1.29, 1.82) is 0 Å². The molecule has 1 N–H and O–H groups in total. The van der Waals surface area contributed by atoms with Crippen LogP contribution in [0.25, 0.3) is 0 Å². The summed E-state index contributed by atoms with van der Waals surface area (Å²) in [5.41, 5.74) is 0.513. The molecule has 26 heavy (non-hydrogen) atoms. The summed E-state index contributed by atoms with van der Waals surface area (Å²) in [6.07, 6.45) is -0.984. The molecule has 1 atom stereocenters. The zero-order valence-electron chi connectivity index (χ0n) is 13.9. The number of rotatable bonds is 6. The number of carbonyl (C=O) groups excluding carboxylic acids is 2. The highest BCUT2D eigenvalue weighted by Crippen LogP contribution is 2.34. The first-order chi connectivity index (χ1) is 12.5. The fraction of sp³-hybridized carbons (Fsp3) is 0.222. The van der Waals surface area contributed by atoms with Gasteiger partial charge in [-0.15, -0.1) is 0 Å². The molecule has 1 amide bonds. The van der Waals surface area contributed by atoms with Crippen LogP contribution in [0.2, 0.25) is 5.02 Å². The zero-order chi connectivity index (χ0) is 18.5. The number of anilines is 1. The Kier molecular flexibility index (Phi) is 5.48. The summed E-state index contributed by atoms with van der Waals surface area (Å²) in [6.45, 7) is 1.31. The maximum Gasteiger partial charge on any atom is 0.344 e. The number of ether oxygens (including phenoxy) is 4. The molecule has 3 rings (SSSR count). The summed E-state index contributed by atoms with van der Waals surface area (Å²) in [7, 11) is 0. The lowest BCUT2D eigenvalue weighted by molar-refractivity contribution is -0.155. The van der Waals surface area contributed by atoms with Crippen LogP contribution in [-0.4, -0.2) is 31.4 Å². The van der Waals surface area contributed by atoms with Crippen molar-refractivity contribution in [2.75, 3.05) is 18.7 Å². The van der Waals surface area contributed by atoms with E-state index in [1.165, 1.54) is 6.92 Å². The van der Waals surface area contributed by atoms with Crippen molar-refractivity contribution >= 4 is 29.2 Å². The van der Waals surface area contributed by atoms with Crippen molar-refractivity contribution in [3.8, 4) is 17.2 Å². The van der Waals surface area contributed by atoms with Crippen LogP contribution < -0.4 is 19.5 Å². The molecule has 0 aromatic heterocycles. The Hall–Kier alpha value is -2.93. The van der Waals surface area contributed by atoms with E-state index >= 15 is 0 Å². The molecule has 2 aromatic rings. The second-order valence-corrected chi connectivity index (χ2v) is 5.87. The highest BCUT2D eigenvalue weighted by atomic mass is 35.5. The van der Waals surface area contributed by atoms with E-state index in [2.05, 4.69) is 5.32 Å². The lowest BCUT2D eigenvalue weighted by atomic mass is 10.2. The van der Waals surface area contributed by atoms with E-state index < -0.39 is 18.0 Å². The molecule has 1 aliphatic rings. The fourth-order valence-corrected chi connectivity index (χ4v) is 2.30. The largest absolute Gasteiger partial charge is 0.482 e. The van der Waals surface area contributed by atoms with E-state index in [0.717, 1.165) is 0 Å². The average molecular weight is 378 g/mol. The Labute approximate surface area is 154 Å². The minimum Gasteiger partial charge on any atom is -0.482 e. The Morgan fingerprint density at radius 2 is 1.88 bits per heavy atom. The first-order valence-electron chi connectivity index (χ1n) is 7.79. The first-order valence-corrected chi connectivity index (χ1v) is 8.17. The number of esters is 1. The monoisotopic (exact) mass is 377 g/mol. The quantitative estimate of drug-likeness (QED) is 0.779. The topological polar surface area (TPSA) is 83.1 Å². The van der Waals surface area contributed by atoms with Gasteiger partial charge < -0.3 is 24.3 Å². The van der Waals surface area contributed by atoms with E-state index in [1.807, 2.05) is 0 Å². The molecule has 0 aliphatic carbocycles. The summed E-state index contributed by atoms with van der Waals surface area (Å²) in [4.78, 5) is 24.0. The number of amides is 1. The van der Waals surface area contributed by atoms with Crippen LogP contribution in [0.15, 0.2) is 42.5 Å². The van der Waals surface area contributed by atoms with Gasteiger partial charge in [0.05, 0.1) is 0 Å². The van der Waals surface area contributed by atoms with Crippen molar-refractivity contribution < 1.29 is 28.5 Å². The third-order valence-corrected chi connectivity index (χ3v) is 3.74. The van der Waals surface area contributed by atoms with Gasteiger partial charge in [-0.3, -0.25) is 4.79 Å². The summed E-state index contributed by atoms with van der Waals surface area (Å²) in [6, 6.07) is 11.5. The molecule has 0 fully saturated rings. The van der Waals surface area contributed by atoms with Gasteiger partial charge in [0, 0.05) is 16.8 Å². The Morgan fingerprint density at radius 1 is 1.15 bits per heavy atom. The van der Waals surface area contributed by atoms with Crippen molar-refractivity contribution in [2.24, 2.45) is 0 Å². The van der Waals surface area contributed by atoms with Crippen LogP contribution in [0.3, 0.4) is 0 Å². The highest BCUT2D eigenvalue weighted by molar-refractivity contribution is 6.30. The molecule has 1 aliphatic heterocycles. The summed E-state index contributed by atoms with van der Waals surface area (Å²) >= 11 is 5.77. The van der Waals surface area contributed by atoms with Gasteiger partial charge in [0.25, 0.3) is 5.91 Å². The van der Waals surface area contributed by atoms with E-state index in [9.17, 15) is 9.59 Å². The zero-order valence-corrected chi connectivity index (χ0v) is 14.6. The molecule has 0 radical (unpaired) electrons. The summed E-state index contributed by atoms with van der Waals surface area (Å²) < 4.78 is 20.8. The van der Waals surface area contributed by atoms with Crippen LogP contribution in [-0.2, 0) is 14.3 Å². The average Bonchev–Trinajstić information content (AvgIpc) is 3.09. The SMILES string of the molecule is C[C@H](OC(=O)COc1ccc(Cl)cc1)C(=O)Nc1ccc2c(c1)OCO2. The molecule has 1 heterocycles. The minimum atomic E-state index is -0.984. The molecule has 0 spiro atoms. The smallest absolute Gasteiger partial charge is 0.344 e.